The Kier molecular flexibility index (Phi) is 5.50. The molecule has 0 amide bonds. The summed E-state index contributed by atoms with van der Waals surface area (Å²) in [5, 5.41) is 1.34. The zero-order valence-electron chi connectivity index (χ0n) is 14.9. The normalized spacial score (nSPS) is 22.2. The number of aromatic nitrogens is 1. The Morgan fingerprint density at radius 2 is 2.20 bits per heavy atom. The van der Waals surface area contributed by atoms with Crippen LogP contribution in [0.4, 0.5) is 0 Å². The molecule has 1 aromatic carbocycles. The van der Waals surface area contributed by atoms with Crippen molar-refractivity contribution >= 4 is 16.5 Å². The fraction of sp³-hybridized carbons (Fsp3) is 0.524. The van der Waals surface area contributed by atoms with E-state index in [1.54, 1.807) is 0 Å². The molecule has 4 nitrogen and oxygen atoms in total. The molecule has 4 rings (SSSR count). The van der Waals surface area contributed by atoms with Gasteiger partial charge in [-0.15, -0.1) is 0 Å². The van der Waals surface area contributed by atoms with E-state index in [1.807, 2.05) is 0 Å². The highest BCUT2D eigenvalue weighted by atomic mass is 16.7. The first-order chi connectivity index (χ1) is 12.4. The molecule has 134 valence electrons. The maximum Gasteiger partial charge on any atom is 0.157 e. The van der Waals surface area contributed by atoms with E-state index in [0.717, 1.165) is 52.1 Å². The van der Waals surface area contributed by atoms with Crippen LogP contribution < -0.4 is 0 Å². The molecule has 1 saturated heterocycles. The van der Waals surface area contributed by atoms with Gasteiger partial charge in [0.25, 0.3) is 0 Å². The summed E-state index contributed by atoms with van der Waals surface area (Å²) in [5.74, 6) is 0. The lowest BCUT2D eigenvalue weighted by Gasteiger charge is -2.27. The van der Waals surface area contributed by atoms with Crippen molar-refractivity contribution in [3.63, 3.8) is 0 Å². The van der Waals surface area contributed by atoms with Crippen molar-refractivity contribution in [1.29, 1.82) is 0 Å². The van der Waals surface area contributed by atoms with E-state index in [-0.39, 0.29) is 6.29 Å². The number of benzene rings is 1. The highest BCUT2D eigenvalue weighted by molar-refractivity contribution is 5.92. The molecule has 2 aliphatic rings. The van der Waals surface area contributed by atoms with E-state index in [0.29, 0.717) is 0 Å². The number of fused-ring (bicyclic) bond motifs is 1. The molecule has 0 bridgehead atoms. The highest BCUT2D eigenvalue weighted by Gasteiger charge is 2.16. The van der Waals surface area contributed by atoms with E-state index < -0.39 is 0 Å². The topological polar surface area (TPSA) is 37.5 Å². The zero-order chi connectivity index (χ0) is 16.9. The second-order valence-corrected chi connectivity index (χ2v) is 7.05. The second kappa shape index (κ2) is 8.17. The van der Waals surface area contributed by atoms with Gasteiger partial charge in [-0.3, -0.25) is 4.90 Å². The van der Waals surface area contributed by atoms with Gasteiger partial charge in [-0.1, -0.05) is 24.3 Å². The molecule has 0 aliphatic carbocycles. The quantitative estimate of drug-likeness (QED) is 0.801. The lowest BCUT2D eigenvalue weighted by Crippen LogP contribution is -2.30. The predicted molar refractivity (Wildman–Crippen MR) is 101 cm³/mol. The molecule has 25 heavy (non-hydrogen) atoms. The highest BCUT2D eigenvalue weighted by Crippen LogP contribution is 2.29. The molecule has 0 saturated carbocycles. The Hall–Kier alpha value is -1.62. The van der Waals surface area contributed by atoms with E-state index in [2.05, 4.69) is 46.4 Å². The fourth-order valence-electron chi connectivity index (χ4n) is 3.84. The van der Waals surface area contributed by atoms with Gasteiger partial charge in [0, 0.05) is 48.9 Å². The van der Waals surface area contributed by atoms with Crippen LogP contribution in [0, 0.1) is 0 Å². The summed E-state index contributed by atoms with van der Waals surface area (Å²) in [6.07, 6.45) is 10.3. The molecule has 1 N–H and O–H groups in total. The number of hydrogen-bond acceptors (Lipinski definition) is 3. The zero-order valence-corrected chi connectivity index (χ0v) is 14.9. The molecule has 3 heterocycles. The van der Waals surface area contributed by atoms with Crippen LogP contribution in [0.2, 0.25) is 0 Å². The number of hydrogen-bond donors (Lipinski definition) is 1. The number of para-hydroxylation sites is 1. The molecule has 2 aromatic rings. The summed E-state index contributed by atoms with van der Waals surface area (Å²) < 4.78 is 11.4. The van der Waals surface area contributed by atoms with Gasteiger partial charge in [0.15, 0.2) is 6.29 Å². The number of nitrogens with zero attached hydrogens (tertiary/aromatic N) is 1. The second-order valence-electron chi connectivity index (χ2n) is 7.05. The first kappa shape index (κ1) is 16.8. The average molecular weight is 340 g/mol. The molecular weight excluding hydrogens is 312 g/mol. The standard InChI is InChI=1S/C21H28N2O2/c1-2-7-20-18(6-1)19(16-22-20)17-9-12-23(13-10-17)11-5-15-25-21-8-3-4-14-24-21/h1-2,6-7,9,16,21-22H,3-5,8,10-15H2. The van der Waals surface area contributed by atoms with Crippen LogP contribution >= 0.6 is 0 Å². The van der Waals surface area contributed by atoms with E-state index in [9.17, 15) is 0 Å². The Bertz CT molecular complexity index is 716. The van der Waals surface area contributed by atoms with Crippen molar-refractivity contribution < 1.29 is 9.47 Å². The van der Waals surface area contributed by atoms with E-state index in [4.69, 9.17) is 9.47 Å². The number of aromatic amines is 1. The van der Waals surface area contributed by atoms with Crippen molar-refractivity contribution in [3.05, 3.63) is 42.1 Å². The molecule has 2 aliphatic heterocycles. The SMILES string of the molecule is C1=C(c2c[nH]c3ccccc23)CCN(CCCOC2CCCCO2)C1. The van der Waals surface area contributed by atoms with Crippen LogP contribution in [-0.2, 0) is 9.47 Å². The molecule has 1 atom stereocenters. The van der Waals surface area contributed by atoms with Crippen molar-refractivity contribution in [2.24, 2.45) is 0 Å². The molecule has 0 radical (unpaired) electrons. The number of ether oxygens (including phenoxy) is 2. The largest absolute Gasteiger partial charge is 0.361 e. The van der Waals surface area contributed by atoms with Gasteiger partial charge in [0.1, 0.15) is 0 Å². The van der Waals surface area contributed by atoms with Crippen LogP contribution in [0.3, 0.4) is 0 Å². The smallest absolute Gasteiger partial charge is 0.157 e. The van der Waals surface area contributed by atoms with Gasteiger partial charge in [-0.2, -0.15) is 0 Å². The molecule has 1 fully saturated rings. The van der Waals surface area contributed by atoms with Gasteiger partial charge in [0.05, 0.1) is 6.61 Å². The molecular formula is C21H28N2O2. The summed E-state index contributed by atoms with van der Waals surface area (Å²) in [6, 6.07) is 8.55. The Balaban J connectivity index is 1.24. The number of H-pyrrole nitrogens is 1. The van der Waals surface area contributed by atoms with Gasteiger partial charge < -0.3 is 14.5 Å². The number of rotatable bonds is 6. The maximum absolute atomic E-state index is 5.83. The summed E-state index contributed by atoms with van der Waals surface area (Å²) in [7, 11) is 0. The van der Waals surface area contributed by atoms with Gasteiger partial charge in [0.2, 0.25) is 0 Å². The van der Waals surface area contributed by atoms with Crippen LogP contribution in [0.25, 0.3) is 16.5 Å². The minimum absolute atomic E-state index is 0.0449. The third kappa shape index (κ3) is 4.14. The lowest BCUT2D eigenvalue weighted by molar-refractivity contribution is -0.163. The van der Waals surface area contributed by atoms with Gasteiger partial charge in [-0.05, 0) is 43.7 Å². The average Bonchev–Trinajstić information content (AvgIpc) is 3.11. The summed E-state index contributed by atoms with van der Waals surface area (Å²) in [4.78, 5) is 5.90. The minimum atomic E-state index is 0.0449. The van der Waals surface area contributed by atoms with Crippen LogP contribution in [0.15, 0.2) is 36.5 Å². The van der Waals surface area contributed by atoms with Gasteiger partial charge in [-0.25, -0.2) is 0 Å². The van der Waals surface area contributed by atoms with E-state index in [1.165, 1.54) is 34.9 Å². The predicted octanol–water partition coefficient (Wildman–Crippen LogP) is 4.19. The lowest BCUT2D eigenvalue weighted by atomic mass is 9.99. The van der Waals surface area contributed by atoms with Crippen LogP contribution in [0.5, 0.6) is 0 Å². The third-order valence-electron chi connectivity index (χ3n) is 5.29. The molecule has 1 aromatic heterocycles. The summed E-state index contributed by atoms with van der Waals surface area (Å²) in [6.45, 7) is 4.93. The summed E-state index contributed by atoms with van der Waals surface area (Å²) >= 11 is 0. The van der Waals surface area contributed by atoms with Crippen LogP contribution in [-0.4, -0.2) is 49.0 Å². The summed E-state index contributed by atoms with van der Waals surface area (Å²) in [5.41, 5.74) is 4.07. The third-order valence-corrected chi connectivity index (χ3v) is 5.29. The Labute approximate surface area is 149 Å². The Morgan fingerprint density at radius 3 is 3.04 bits per heavy atom. The number of nitrogens with one attached hydrogen (secondary N) is 1. The van der Waals surface area contributed by atoms with Crippen molar-refractivity contribution in [1.82, 2.24) is 9.88 Å². The van der Waals surface area contributed by atoms with Crippen molar-refractivity contribution in [3.8, 4) is 0 Å². The molecule has 0 spiro atoms. The first-order valence-corrected chi connectivity index (χ1v) is 9.61. The minimum Gasteiger partial charge on any atom is -0.361 e. The molecule has 1 unspecified atom stereocenters. The van der Waals surface area contributed by atoms with Crippen molar-refractivity contribution in [2.45, 2.75) is 38.4 Å². The van der Waals surface area contributed by atoms with Crippen molar-refractivity contribution in [2.75, 3.05) is 32.8 Å². The molecule has 4 heteroatoms. The maximum atomic E-state index is 5.83. The fourth-order valence-corrected chi connectivity index (χ4v) is 3.84. The van der Waals surface area contributed by atoms with Gasteiger partial charge >= 0.3 is 0 Å². The monoisotopic (exact) mass is 340 g/mol. The van der Waals surface area contributed by atoms with E-state index >= 15 is 0 Å². The van der Waals surface area contributed by atoms with Crippen LogP contribution in [0.1, 0.15) is 37.7 Å². The first-order valence-electron chi connectivity index (χ1n) is 9.61. The Morgan fingerprint density at radius 1 is 1.24 bits per heavy atom.